The van der Waals surface area contributed by atoms with Crippen LogP contribution in [0.1, 0.15) is 52.7 Å². The molecule has 0 unspecified atom stereocenters. The second kappa shape index (κ2) is 12.6. The van der Waals surface area contributed by atoms with Gasteiger partial charge in [0.05, 0.1) is 11.3 Å². The Bertz CT molecular complexity index is 1030. The van der Waals surface area contributed by atoms with Gasteiger partial charge in [-0.3, -0.25) is 4.79 Å². The number of carbonyl (C=O) groups is 3. The number of aliphatic carboxylic acids is 1. The summed E-state index contributed by atoms with van der Waals surface area (Å²) in [6.07, 6.45) is 3.30. The molecule has 3 rings (SSSR count). The number of hydrogen-bond donors (Lipinski definition) is 4. The van der Waals surface area contributed by atoms with Crippen molar-refractivity contribution in [2.24, 2.45) is 5.92 Å². The first-order valence-corrected chi connectivity index (χ1v) is 10.6. The largest absolute Gasteiger partial charge is 1.00 e. The summed E-state index contributed by atoms with van der Waals surface area (Å²) < 4.78 is 13.9. The maximum Gasteiger partial charge on any atom is 1.00 e. The summed E-state index contributed by atoms with van der Waals surface area (Å²) in [6.45, 7) is 5.69. The van der Waals surface area contributed by atoms with Crippen LogP contribution in [0.25, 0.3) is 0 Å². The van der Waals surface area contributed by atoms with Gasteiger partial charge in [-0.1, -0.05) is 30.5 Å². The topological polar surface area (TPSA) is 138 Å². The smallest absolute Gasteiger partial charge is 0.870 e. The van der Waals surface area contributed by atoms with Gasteiger partial charge in [0.1, 0.15) is 11.9 Å². The van der Waals surface area contributed by atoms with Crippen LogP contribution in [0, 0.1) is 32.5 Å². The summed E-state index contributed by atoms with van der Waals surface area (Å²) in [6, 6.07) is 5.56. The van der Waals surface area contributed by atoms with Gasteiger partial charge in [0.15, 0.2) is 0 Å². The van der Waals surface area contributed by atoms with Gasteiger partial charge in [0.2, 0.25) is 0 Å². The van der Waals surface area contributed by atoms with Crippen LogP contribution in [-0.2, 0) is 4.79 Å². The van der Waals surface area contributed by atoms with Gasteiger partial charge in [-0.05, 0) is 68.9 Å². The first-order valence-electron chi connectivity index (χ1n) is 10.6. The number of carboxylic acids is 1. The normalized spacial score (nSPS) is 13.8. The molecule has 0 spiro atoms. The summed E-state index contributed by atoms with van der Waals surface area (Å²) in [4.78, 5) is 37.2. The minimum absolute atomic E-state index is 0. The van der Waals surface area contributed by atoms with E-state index in [0.717, 1.165) is 54.5 Å². The summed E-state index contributed by atoms with van der Waals surface area (Å²) in [5, 5.41) is 17.4. The van der Waals surface area contributed by atoms with Gasteiger partial charge in [-0.25, -0.2) is 14.0 Å². The van der Waals surface area contributed by atoms with Crippen molar-refractivity contribution < 1.29 is 48.2 Å². The van der Waals surface area contributed by atoms with E-state index in [2.05, 4.69) is 16.0 Å². The van der Waals surface area contributed by atoms with Crippen LogP contribution in [0.5, 0.6) is 0 Å². The molecule has 1 aliphatic carbocycles. The molecule has 34 heavy (non-hydrogen) atoms. The van der Waals surface area contributed by atoms with E-state index >= 15 is 0 Å². The Morgan fingerprint density at radius 3 is 2.15 bits per heavy atom. The Hall–Kier alpha value is -2.86. The standard InChI is InChI=1S/C24H28FN3O4.Li.H2O/c1-13-10-14(2)20(15(3)11-13)28-24(32)26-19-12-17(25)8-9-18(19)22(29)27-21(23(30)31)16-6-4-5-7-16;;/h8-12,16,21H,4-7H2,1-3H3,(H,27,29)(H,30,31)(H2,26,28,32);;1H2/q;+1;/p-1/t21-;;/m0../s1. The molecule has 1 saturated carbocycles. The van der Waals surface area contributed by atoms with Gasteiger partial charge in [-0.2, -0.15) is 0 Å². The molecular formula is C24H29FLiN3O5. The molecule has 0 aromatic heterocycles. The quantitative estimate of drug-likeness (QED) is 0.480. The fourth-order valence-corrected chi connectivity index (χ4v) is 4.35. The van der Waals surface area contributed by atoms with E-state index in [-0.39, 0.29) is 41.5 Å². The minimum Gasteiger partial charge on any atom is -0.870 e. The van der Waals surface area contributed by atoms with E-state index in [1.54, 1.807) is 0 Å². The van der Waals surface area contributed by atoms with Crippen LogP contribution in [-0.4, -0.2) is 34.5 Å². The number of anilines is 2. The number of carbonyl (C=O) groups excluding carboxylic acids is 2. The van der Waals surface area contributed by atoms with Crippen LogP contribution in [0.2, 0.25) is 0 Å². The molecule has 5 N–H and O–H groups in total. The molecule has 1 fully saturated rings. The molecule has 10 heteroatoms. The van der Waals surface area contributed by atoms with Crippen molar-refractivity contribution in [1.82, 2.24) is 5.32 Å². The molecule has 8 nitrogen and oxygen atoms in total. The first kappa shape index (κ1) is 29.2. The zero-order chi connectivity index (χ0) is 23.4. The van der Waals surface area contributed by atoms with Crippen molar-refractivity contribution >= 4 is 29.3 Å². The summed E-state index contributed by atoms with van der Waals surface area (Å²) in [5.41, 5.74) is 3.38. The van der Waals surface area contributed by atoms with Crippen LogP contribution in [0.4, 0.5) is 20.6 Å². The number of aryl methyl sites for hydroxylation is 3. The maximum absolute atomic E-state index is 13.9. The molecule has 3 amide bonds. The van der Waals surface area contributed by atoms with Gasteiger partial charge in [0.25, 0.3) is 5.91 Å². The second-order valence-corrected chi connectivity index (χ2v) is 8.38. The third-order valence-corrected chi connectivity index (χ3v) is 5.81. The van der Waals surface area contributed by atoms with Crippen molar-refractivity contribution in [2.75, 3.05) is 10.6 Å². The summed E-state index contributed by atoms with van der Waals surface area (Å²) >= 11 is 0. The average molecular weight is 465 g/mol. The van der Waals surface area contributed by atoms with Crippen molar-refractivity contribution in [2.45, 2.75) is 52.5 Å². The fraction of sp³-hybridized carbons (Fsp3) is 0.375. The zero-order valence-electron chi connectivity index (χ0n) is 19.9. The van der Waals surface area contributed by atoms with Crippen molar-refractivity contribution in [3.63, 3.8) is 0 Å². The summed E-state index contributed by atoms with van der Waals surface area (Å²) in [7, 11) is 0. The number of benzene rings is 2. The zero-order valence-corrected chi connectivity index (χ0v) is 19.9. The van der Waals surface area contributed by atoms with E-state index < -0.39 is 29.8 Å². The number of nitrogens with one attached hydrogen (secondary N) is 3. The summed E-state index contributed by atoms with van der Waals surface area (Å²) in [5.74, 6) is -2.57. The predicted molar refractivity (Wildman–Crippen MR) is 122 cm³/mol. The molecule has 0 bridgehead atoms. The molecule has 2 aromatic carbocycles. The Balaban J connectivity index is 0.00000289. The van der Waals surface area contributed by atoms with E-state index in [4.69, 9.17) is 0 Å². The minimum atomic E-state index is -1.11. The molecular weight excluding hydrogens is 436 g/mol. The van der Waals surface area contributed by atoms with Crippen LogP contribution in [0.3, 0.4) is 0 Å². The third-order valence-electron chi connectivity index (χ3n) is 5.81. The Morgan fingerprint density at radius 1 is 1.00 bits per heavy atom. The van der Waals surface area contributed by atoms with Crippen molar-refractivity contribution in [1.29, 1.82) is 0 Å². The molecule has 178 valence electrons. The SMILES string of the molecule is Cc1cc(C)c(NC(=O)Nc2cc(F)ccc2C(=O)N[C@H](C(=O)O)C2CCCC2)c(C)c1.[Li+].[OH-]. The van der Waals surface area contributed by atoms with Gasteiger partial charge < -0.3 is 26.5 Å². The predicted octanol–water partition coefficient (Wildman–Crippen LogP) is 1.60. The van der Waals surface area contributed by atoms with E-state index in [1.807, 2.05) is 32.9 Å². The van der Waals surface area contributed by atoms with E-state index in [0.29, 0.717) is 5.69 Å². The van der Waals surface area contributed by atoms with Gasteiger partial charge in [0, 0.05) is 5.69 Å². The van der Waals surface area contributed by atoms with Crippen molar-refractivity contribution in [3.8, 4) is 0 Å². The molecule has 0 aliphatic heterocycles. The molecule has 0 radical (unpaired) electrons. The number of halogens is 1. The number of rotatable bonds is 6. The maximum atomic E-state index is 13.9. The van der Waals surface area contributed by atoms with E-state index in [1.165, 1.54) is 6.07 Å². The third kappa shape index (κ3) is 7.07. The van der Waals surface area contributed by atoms with E-state index in [9.17, 15) is 23.9 Å². The monoisotopic (exact) mass is 465 g/mol. The number of urea groups is 1. The molecule has 2 aromatic rings. The van der Waals surface area contributed by atoms with Crippen molar-refractivity contribution in [3.05, 3.63) is 58.4 Å². The van der Waals surface area contributed by atoms with Crippen LogP contribution < -0.4 is 34.8 Å². The Kier molecular flexibility index (Phi) is 10.8. The van der Waals surface area contributed by atoms with Gasteiger partial charge in [-0.15, -0.1) is 0 Å². The average Bonchev–Trinajstić information content (AvgIpc) is 3.23. The molecule has 1 aliphatic rings. The number of hydrogen-bond acceptors (Lipinski definition) is 4. The fourth-order valence-electron chi connectivity index (χ4n) is 4.35. The number of carboxylic acid groups (broad SMARTS) is 1. The molecule has 0 saturated heterocycles. The Morgan fingerprint density at radius 2 is 1.59 bits per heavy atom. The van der Waals surface area contributed by atoms with Gasteiger partial charge >= 0.3 is 30.9 Å². The number of amides is 3. The molecule has 1 atom stereocenters. The van der Waals surface area contributed by atoms with Crippen LogP contribution >= 0.6 is 0 Å². The first-order chi connectivity index (χ1) is 15.2. The van der Waals surface area contributed by atoms with Crippen LogP contribution in [0.15, 0.2) is 30.3 Å². The Labute approximate surface area is 210 Å². The second-order valence-electron chi connectivity index (χ2n) is 8.38. The molecule has 0 heterocycles.